The summed E-state index contributed by atoms with van der Waals surface area (Å²) in [5.74, 6) is 2.26. The van der Waals surface area contributed by atoms with Crippen LogP contribution in [0.15, 0.2) is 91.4 Å². The van der Waals surface area contributed by atoms with Gasteiger partial charge in [-0.15, -0.1) is 0 Å². The predicted molar refractivity (Wildman–Crippen MR) is 217 cm³/mol. The number of hydrogen-bond donors (Lipinski definition) is 1. The fourth-order valence-corrected chi connectivity index (χ4v) is 9.58. The standard InChI is InChI=1S/C46H47N7O4/c54-43-11-3-32-23-33(2-9-40(32)43)41-29-53(49-45(41)31-13-17-47-18-14-31)37-5-7-39(8-6-37)57-22-21-50-19-15-30(16-20-50)36-27-51(28-36)38-4-1-34-25-52(26-35(34)24-38)42-10-12-44(55)48-46(42)56/h1-2,4-9,13-14,17-18,23-24,29-30,36,42H,3,10-12,15-16,19-22,25-28H2,(H,48,55,56). The molecule has 3 saturated heterocycles. The van der Waals surface area contributed by atoms with Crippen molar-refractivity contribution in [1.82, 2.24) is 29.9 Å². The first-order valence-electron chi connectivity index (χ1n) is 20.5. The van der Waals surface area contributed by atoms with Gasteiger partial charge >= 0.3 is 0 Å². The maximum atomic E-state index is 12.4. The Balaban J connectivity index is 0.696. The van der Waals surface area contributed by atoms with Crippen LogP contribution < -0.4 is 15.0 Å². The van der Waals surface area contributed by atoms with Crippen LogP contribution in [0.2, 0.25) is 0 Å². The number of imide groups is 1. The van der Waals surface area contributed by atoms with Gasteiger partial charge in [-0.25, -0.2) is 4.68 Å². The molecule has 11 nitrogen and oxygen atoms in total. The number of likely N-dealkylation sites (tertiary alicyclic amines) is 1. The Hall–Kier alpha value is -5.65. The molecule has 0 spiro atoms. The number of amides is 2. The van der Waals surface area contributed by atoms with Crippen LogP contribution in [0.5, 0.6) is 5.75 Å². The number of aryl methyl sites for hydroxylation is 1. The van der Waals surface area contributed by atoms with Gasteiger partial charge in [0.25, 0.3) is 0 Å². The minimum atomic E-state index is -0.218. The molecule has 3 aromatic carbocycles. The molecule has 11 heteroatoms. The van der Waals surface area contributed by atoms with Gasteiger partial charge in [0, 0.05) is 86.5 Å². The van der Waals surface area contributed by atoms with Gasteiger partial charge in [0.05, 0.1) is 11.7 Å². The molecule has 0 saturated carbocycles. The summed E-state index contributed by atoms with van der Waals surface area (Å²) in [6.07, 6.45) is 10.5. The number of anilines is 1. The smallest absolute Gasteiger partial charge is 0.243 e. The molecule has 290 valence electrons. The average Bonchev–Trinajstić information content (AvgIpc) is 3.95. The lowest BCUT2D eigenvalue weighted by molar-refractivity contribution is -0.137. The summed E-state index contributed by atoms with van der Waals surface area (Å²) < 4.78 is 8.14. The molecule has 0 radical (unpaired) electrons. The van der Waals surface area contributed by atoms with Crippen molar-refractivity contribution in [2.75, 3.05) is 44.2 Å². The van der Waals surface area contributed by atoms with E-state index in [1.54, 1.807) is 12.4 Å². The van der Waals surface area contributed by atoms with E-state index in [0.29, 0.717) is 25.9 Å². The highest BCUT2D eigenvalue weighted by Gasteiger charge is 2.37. The Labute approximate surface area is 332 Å². The van der Waals surface area contributed by atoms with Crippen LogP contribution in [0.1, 0.15) is 59.2 Å². The summed E-state index contributed by atoms with van der Waals surface area (Å²) >= 11 is 0. The normalized spacial score (nSPS) is 20.4. The van der Waals surface area contributed by atoms with Crippen molar-refractivity contribution >= 4 is 23.3 Å². The van der Waals surface area contributed by atoms with Crippen molar-refractivity contribution in [3.8, 4) is 33.8 Å². The van der Waals surface area contributed by atoms with E-state index in [1.165, 1.54) is 29.7 Å². The van der Waals surface area contributed by atoms with E-state index in [4.69, 9.17) is 9.84 Å². The number of carbonyl (C=O) groups is 3. The van der Waals surface area contributed by atoms with Crippen LogP contribution in [-0.4, -0.2) is 87.5 Å². The number of benzene rings is 3. The summed E-state index contributed by atoms with van der Waals surface area (Å²) in [4.78, 5) is 47.8. The van der Waals surface area contributed by atoms with E-state index in [-0.39, 0.29) is 23.6 Å². The Kier molecular flexibility index (Phi) is 9.42. The fraction of sp³-hybridized carbons (Fsp3) is 0.370. The molecule has 1 atom stereocenters. The number of fused-ring (bicyclic) bond motifs is 2. The van der Waals surface area contributed by atoms with Gasteiger partial charge in [-0.2, -0.15) is 5.10 Å². The third-order valence-corrected chi connectivity index (χ3v) is 12.9. The van der Waals surface area contributed by atoms with Crippen molar-refractivity contribution in [3.05, 3.63) is 114 Å². The first-order chi connectivity index (χ1) is 27.9. The highest BCUT2D eigenvalue weighted by Crippen LogP contribution is 2.38. The second-order valence-corrected chi connectivity index (χ2v) is 16.4. The van der Waals surface area contributed by atoms with Gasteiger partial charge in [-0.3, -0.25) is 34.5 Å². The van der Waals surface area contributed by atoms with Crippen molar-refractivity contribution in [2.45, 2.75) is 57.7 Å². The molecule has 5 aliphatic rings. The van der Waals surface area contributed by atoms with Crippen molar-refractivity contribution in [2.24, 2.45) is 11.8 Å². The van der Waals surface area contributed by atoms with E-state index in [2.05, 4.69) is 67.6 Å². The second-order valence-electron chi connectivity index (χ2n) is 16.4. The number of rotatable bonds is 10. The number of hydrogen-bond acceptors (Lipinski definition) is 9. The van der Waals surface area contributed by atoms with Crippen molar-refractivity contribution in [1.29, 1.82) is 0 Å². The summed E-state index contributed by atoms with van der Waals surface area (Å²) in [6, 6.07) is 24.8. The maximum absolute atomic E-state index is 12.4. The maximum Gasteiger partial charge on any atom is 0.243 e. The van der Waals surface area contributed by atoms with Crippen LogP contribution in [0.3, 0.4) is 0 Å². The average molecular weight is 762 g/mol. The van der Waals surface area contributed by atoms with Gasteiger partial charge in [-0.1, -0.05) is 24.3 Å². The topological polar surface area (TPSA) is 113 Å². The molecule has 4 aliphatic heterocycles. The number of nitrogens with one attached hydrogen (secondary N) is 1. The largest absolute Gasteiger partial charge is 0.492 e. The minimum Gasteiger partial charge on any atom is -0.492 e. The predicted octanol–water partition coefficient (Wildman–Crippen LogP) is 6.08. The van der Waals surface area contributed by atoms with E-state index < -0.39 is 0 Å². The minimum absolute atomic E-state index is 0.153. The number of nitrogens with zero attached hydrogens (tertiary/aromatic N) is 6. The van der Waals surface area contributed by atoms with Gasteiger partial charge in [-0.05, 0) is 121 Å². The molecular formula is C46H47N7O4. The fourth-order valence-electron chi connectivity index (χ4n) is 9.58. The third-order valence-electron chi connectivity index (χ3n) is 12.9. The van der Waals surface area contributed by atoms with Gasteiger partial charge in [0.1, 0.15) is 18.1 Å². The Bertz CT molecular complexity index is 2330. The van der Waals surface area contributed by atoms with E-state index >= 15 is 0 Å². The molecular weight excluding hydrogens is 715 g/mol. The molecule has 1 unspecified atom stereocenters. The zero-order valence-corrected chi connectivity index (χ0v) is 32.1. The van der Waals surface area contributed by atoms with E-state index in [9.17, 15) is 14.4 Å². The first kappa shape index (κ1) is 35.7. The zero-order chi connectivity index (χ0) is 38.5. The second kappa shape index (κ2) is 15.0. The lowest BCUT2D eigenvalue weighted by Crippen LogP contribution is -2.52. The van der Waals surface area contributed by atoms with Gasteiger partial charge in [0.15, 0.2) is 5.78 Å². The van der Waals surface area contributed by atoms with Crippen LogP contribution in [0, 0.1) is 11.8 Å². The van der Waals surface area contributed by atoms with Crippen molar-refractivity contribution in [3.63, 3.8) is 0 Å². The lowest BCUT2D eigenvalue weighted by atomic mass is 9.79. The highest BCUT2D eigenvalue weighted by molar-refractivity contribution is 6.01. The monoisotopic (exact) mass is 761 g/mol. The molecule has 5 aromatic rings. The quantitative estimate of drug-likeness (QED) is 0.169. The molecule has 6 heterocycles. The number of Topliss-reactive ketones (excluding diaryl/α,β-unsaturated/α-hetero) is 1. The molecule has 10 rings (SSSR count). The van der Waals surface area contributed by atoms with Crippen LogP contribution in [0.4, 0.5) is 5.69 Å². The number of pyridine rings is 1. The Morgan fingerprint density at radius 3 is 2.32 bits per heavy atom. The SMILES string of the molecule is O=C1CCC(N2Cc3ccc(N4CC(C5CCN(CCOc6ccc(-n7cc(-c8ccc9c(c8)CCC9=O)c(-c8ccncc8)n7)cc6)CC5)C4)cc3C2)C(=O)N1. The number of ether oxygens (including phenoxy) is 1. The Morgan fingerprint density at radius 1 is 0.719 bits per heavy atom. The summed E-state index contributed by atoms with van der Waals surface area (Å²) in [6.45, 7) is 7.55. The summed E-state index contributed by atoms with van der Waals surface area (Å²) in [5, 5.41) is 7.53. The number of carbonyl (C=O) groups excluding carboxylic acids is 3. The lowest BCUT2D eigenvalue weighted by Gasteiger charge is -2.47. The van der Waals surface area contributed by atoms with E-state index in [1.807, 2.05) is 41.1 Å². The number of piperidine rings is 2. The molecule has 57 heavy (non-hydrogen) atoms. The van der Waals surface area contributed by atoms with Crippen molar-refractivity contribution < 1.29 is 19.1 Å². The molecule has 0 bridgehead atoms. The Morgan fingerprint density at radius 2 is 1.51 bits per heavy atom. The number of ketones is 1. The molecule has 2 amide bonds. The van der Waals surface area contributed by atoms with Crippen LogP contribution in [-0.2, 0) is 29.1 Å². The zero-order valence-electron chi connectivity index (χ0n) is 32.1. The van der Waals surface area contributed by atoms with Crippen LogP contribution in [0.25, 0.3) is 28.1 Å². The molecule has 1 aliphatic carbocycles. The molecule has 1 N–H and O–H groups in total. The van der Waals surface area contributed by atoms with Crippen LogP contribution >= 0.6 is 0 Å². The van der Waals surface area contributed by atoms with Gasteiger partial charge < -0.3 is 9.64 Å². The summed E-state index contributed by atoms with van der Waals surface area (Å²) in [7, 11) is 0. The first-order valence-corrected chi connectivity index (χ1v) is 20.5. The highest BCUT2D eigenvalue weighted by atomic mass is 16.5. The molecule has 3 fully saturated rings. The van der Waals surface area contributed by atoms with Gasteiger partial charge in [0.2, 0.25) is 11.8 Å². The third kappa shape index (κ3) is 7.14. The number of aromatic nitrogens is 3. The molecule has 2 aromatic heterocycles. The summed E-state index contributed by atoms with van der Waals surface area (Å²) in [5.41, 5.74) is 10.7. The van der Waals surface area contributed by atoms with E-state index in [0.717, 1.165) is 109 Å².